The first kappa shape index (κ1) is 13.3. The third kappa shape index (κ3) is 4.88. The topological polar surface area (TPSA) is 98.7 Å². The first-order chi connectivity index (χ1) is 6.82. The van der Waals surface area contributed by atoms with Gasteiger partial charge in [-0.3, -0.25) is 0 Å². The molecule has 0 radical (unpaired) electrons. The number of hydrogen-bond acceptors (Lipinski definition) is 3. The maximum atomic E-state index is 11.2. The molecule has 0 aliphatic heterocycles. The van der Waals surface area contributed by atoms with E-state index in [0.717, 1.165) is 0 Å². The Hall–Kier alpha value is -1.74. The quantitative estimate of drug-likeness (QED) is 0.458. The van der Waals surface area contributed by atoms with Crippen molar-refractivity contribution in [3.8, 4) is 12.3 Å². The molecule has 0 aromatic carbocycles. The van der Waals surface area contributed by atoms with Crippen LogP contribution in [-0.2, 0) is 4.79 Å². The van der Waals surface area contributed by atoms with E-state index in [9.17, 15) is 9.59 Å². The lowest BCUT2D eigenvalue weighted by Crippen LogP contribution is -2.53. The summed E-state index contributed by atoms with van der Waals surface area (Å²) in [5, 5.41) is 21.6. The molecule has 0 aliphatic carbocycles. The number of terminal acetylenes is 1. The Morgan fingerprint density at radius 1 is 1.53 bits per heavy atom. The van der Waals surface area contributed by atoms with Gasteiger partial charge in [-0.2, -0.15) is 0 Å². The maximum Gasteiger partial charge on any atom is 0.328 e. The summed E-state index contributed by atoms with van der Waals surface area (Å²) < 4.78 is 0. The third-order valence-electron chi connectivity index (χ3n) is 1.57. The van der Waals surface area contributed by atoms with E-state index in [4.69, 9.17) is 16.6 Å². The summed E-state index contributed by atoms with van der Waals surface area (Å²) in [6.07, 6.45) is 5.12. The van der Waals surface area contributed by atoms with E-state index < -0.39 is 30.2 Å². The second-order valence-corrected chi connectivity index (χ2v) is 3.44. The number of aliphatic hydroxyl groups excluding tert-OH is 1. The van der Waals surface area contributed by atoms with E-state index >= 15 is 0 Å². The second kappa shape index (κ2) is 5.22. The van der Waals surface area contributed by atoms with Crippen molar-refractivity contribution in [3.05, 3.63) is 0 Å². The normalized spacial score (nSPS) is 12.4. The Balaban J connectivity index is 4.27. The molecule has 0 spiro atoms. The number of carboxylic acids is 1. The smallest absolute Gasteiger partial charge is 0.328 e. The number of aliphatic carboxylic acids is 1. The minimum absolute atomic E-state index is 0.681. The fourth-order valence-corrected chi connectivity index (χ4v) is 0.700. The van der Waals surface area contributed by atoms with Crippen molar-refractivity contribution >= 4 is 12.0 Å². The number of hydrogen-bond donors (Lipinski definition) is 4. The lowest BCUT2D eigenvalue weighted by atomic mass is 10.1. The number of aliphatic hydroxyl groups is 1. The fourth-order valence-electron chi connectivity index (χ4n) is 0.700. The Labute approximate surface area is 87.7 Å². The highest BCUT2D eigenvalue weighted by Gasteiger charge is 2.22. The van der Waals surface area contributed by atoms with Crippen LogP contribution in [0.5, 0.6) is 0 Å². The van der Waals surface area contributed by atoms with E-state index in [1.807, 2.05) is 0 Å². The Bertz CT molecular complexity index is 293. The zero-order valence-electron chi connectivity index (χ0n) is 8.57. The molecule has 0 bridgehead atoms. The van der Waals surface area contributed by atoms with Crippen LogP contribution in [0.1, 0.15) is 13.8 Å². The molecule has 0 aromatic rings. The van der Waals surface area contributed by atoms with Crippen LogP contribution in [0.15, 0.2) is 0 Å². The summed E-state index contributed by atoms with van der Waals surface area (Å²) in [6.45, 7) is 2.49. The van der Waals surface area contributed by atoms with Crippen LogP contribution in [0.2, 0.25) is 0 Å². The van der Waals surface area contributed by atoms with Gasteiger partial charge in [0, 0.05) is 0 Å². The highest BCUT2D eigenvalue weighted by molar-refractivity contribution is 5.83. The van der Waals surface area contributed by atoms with E-state index in [-0.39, 0.29) is 0 Å². The summed E-state index contributed by atoms with van der Waals surface area (Å²) in [6, 6.07) is -2.07. The van der Waals surface area contributed by atoms with Crippen molar-refractivity contribution in [2.45, 2.75) is 25.4 Å². The van der Waals surface area contributed by atoms with Crippen LogP contribution in [0.25, 0.3) is 0 Å². The zero-order valence-corrected chi connectivity index (χ0v) is 8.57. The highest BCUT2D eigenvalue weighted by atomic mass is 16.4. The lowest BCUT2D eigenvalue weighted by molar-refractivity contribution is -0.140. The molecule has 6 nitrogen and oxygen atoms in total. The minimum Gasteiger partial charge on any atom is -0.480 e. The molecule has 84 valence electrons. The van der Waals surface area contributed by atoms with Crippen LogP contribution in [0.3, 0.4) is 0 Å². The van der Waals surface area contributed by atoms with Crippen molar-refractivity contribution in [3.63, 3.8) is 0 Å². The summed E-state index contributed by atoms with van der Waals surface area (Å²) in [5.74, 6) is 0.997. The number of carbonyl (C=O) groups excluding carboxylic acids is 1. The number of urea groups is 1. The Kier molecular flexibility index (Phi) is 4.61. The lowest BCUT2D eigenvalue weighted by Gasteiger charge is -2.21. The van der Waals surface area contributed by atoms with Crippen molar-refractivity contribution in [2.75, 3.05) is 6.61 Å². The van der Waals surface area contributed by atoms with Gasteiger partial charge in [0.15, 0.2) is 6.04 Å². The van der Waals surface area contributed by atoms with Gasteiger partial charge in [0.1, 0.15) is 0 Å². The SMILES string of the molecule is C#CC(C)(C)NC(=O)N[C@H](CO)C(=O)O. The standard InChI is InChI=1S/C9H14N2O4/c1-4-9(2,3)11-8(15)10-6(5-12)7(13)14/h1,6,12H,5H2,2-3H3,(H,13,14)(H2,10,11,15)/t6-/m1/s1. The largest absolute Gasteiger partial charge is 0.480 e. The number of carboxylic acid groups (broad SMARTS) is 1. The molecule has 6 heteroatoms. The monoisotopic (exact) mass is 214 g/mol. The Morgan fingerprint density at radius 2 is 2.07 bits per heavy atom. The number of carbonyl (C=O) groups is 2. The summed E-state index contributed by atoms with van der Waals surface area (Å²) in [5.41, 5.74) is -0.872. The van der Waals surface area contributed by atoms with Crippen LogP contribution in [0, 0.1) is 12.3 Å². The molecule has 0 aliphatic rings. The first-order valence-corrected chi connectivity index (χ1v) is 4.22. The minimum atomic E-state index is -1.33. The third-order valence-corrected chi connectivity index (χ3v) is 1.57. The van der Waals surface area contributed by atoms with E-state index in [0.29, 0.717) is 0 Å². The van der Waals surface area contributed by atoms with Gasteiger partial charge >= 0.3 is 12.0 Å². The molecular weight excluding hydrogens is 200 g/mol. The number of amides is 2. The molecule has 0 saturated carbocycles. The van der Waals surface area contributed by atoms with Gasteiger partial charge < -0.3 is 20.8 Å². The molecule has 0 aromatic heterocycles. The summed E-state index contributed by atoms with van der Waals surface area (Å²) in [7, 11) is 0. The molecule has 0 fully saturated rings. The zero-order chi connectivity index (χ0) is 12.1. The number of rotatable bonds is 4. The van der Waals surface area contributed by atoms with Crippen molar-refractivity contribution in [1.29, 1.82) is 0 Å². The maximum absolute atomic E-state index is 11.2. The van der Waals surface area contributed by atoms with Gasteiger partial charge in [-0.25, -0.2) is 9.59 Å². The van der Waals surface area contributed by atoms with Gasteiger partial charge in [0.05, 0.1) is 12.1 Å². The van der Waals surface area contributed by atoms with Crippen molar-refractivity contribution in [1.82, 2.24) is 10.6 Å². The molecule has 1 atom stereocenters. The first-order valence-electron chi connectivity index (χ1n) is 4.22. The van der Waals surface area contributed by atoms with Crippen LogP contribution < -0.4 is 10.6 Å². The van der Waals surface area contributed by atoms with Crippen molar-refractivity contribution in [2.24, 2.45) is 0 Å². The average Bonchev–Trinajstić information content (AvgIpc) is 2.13. The molecule has 0 unspecified atom stereocenters. The summed E-state index contributed by atoms with van der Waals surface area (Å²) >= 11 is 0. The summed E-state index contributed by atoms with van der Waals surface area (Å²) in [4.78, 5) is 21.7. The second-order valence-electron chi connectivity index (χ2n) is 3.44. The van der Waals surface area contributed by atoms with E-state index in [1.54, 1.807) is 13.8 Å². The van der Waals surface area contributed by atoms with Crippen molar-refractivity contribution < 1.29 is 19.8 Å². The van der Waals surface area contributed by atoms with Gasteiger partial charge in [0.2, 0.25) is 0 Å². The predicted octanol–water partition coefficient (Wildman–Crippen LogP) is -0.857. The van der Waals surface area contributed by atoms with Crippen LogP contribution in [0.4, 0.5) is 4.79 Å². The molecule has 4 N–H and O–H groups in total. The van der Waals surface area contributed by atoms with Gasteiger partial charge in [-0.15, -0.1) is 6.42 Å². The predicted molar refractivity (Wildman–Crippen MR) is 53.1 cm³/mol. The number of nitrogens with one attached hydrogen (secondary N) is 2. The van der Waals surface area contributed by atoms with E-state index in [2.05, 4.69) is 16.6 Å². The fraction of sp³-hybridized carbons (Fsp3) is 0.556. The highest BCUT2D eigenvalue weighted by Crippen LogP contribution is 1.98. The molecule has 0 heterocycles. The molecule has 2 amide bonds. The molecule has 0 saturated heterocycles. The Morgan fingerprint density at radius 3 is 2.40 bits per heavy atom. The van der Waals surface area contributed by atoms with Crippen LogP contribution >= 0.6 is 0 Å². The van der Waals surface area contributed by atoms with E-state index in [1.165, 1.54) is 0 Å². The average molecular weight is 214 g/mol. The van der Waals surface area contributed by atoms with Crippen LogP contribution in [-0.4, -0.2) is 40.4 Å². The molecule has 0 rings (SSSR count). The van der Waals surface area contributed by atoms with Gasteiger partial charge in [-0.1, -0.05) is 5.92 Å². The molecular formula is C9H14N2O4. The van der Waals surface area contributed by atoms with Gasteiger partial charge in [0.25, 0.3) is 0 Å². The van der Waals surface area contributed by atoms with Gasteiger partial charge in [-0.05, 0) is 13.8 Å². The molecule has 15 heavy (non-hydrogen) atoms.